The number of thiazole rings is 1. The first-order valence-corrected chi connectivity index (χ1v) is 13.6. The number of nitrogens with one attached hydrogen (secondary N) is 1. The molecule has 0 saturated carbocycles. The molecule has 4 rings (SSSR count). The molecule has 39 heavy (non-hydrogen) atoms. The zero-order valence-corrected chi connectivity index (χ0v) is 22.4. The number of carbonyl (C=O) groups excluding carboxylic acids is 3. The van der Waals surface area contributed by atoms with Crippen LogP contribution in [0.1, 0.15) is 29.4 Å². The quantitative estimate of drug-likeness (QED) is 0.302. The average molecular weight is 551 g/mol. The summed E-state index contributed by atoms with van der Waals surface area (Å²) in [5, 5.41) is 15.7. The SMILES string of the molecule is CCCN(CC(=O)Nc1nc(CC(=O)N2CCN(c3ccc([N+](=O)[O-])cc3)CC2)cs1)C(=O)c1ccccc1. The number of amides is 3. The molecule has 11 nitrogen and oxygen atoms in total. The number of benzene rings is 2. The van der Waals surface area contributed by atoms with Gasteiger partial charge in [-0.15, -0.1) is 11.3 Å². The third-order valence-electron chi connectivity index (χ3n) is 6.32. The van der Waals surface area contributed by atoms with Crippen molar-refractivity contribution in [2.75, 3.05) is 49.5 Å². The summed E-state index contributed by atoms with van der Waals surface area (Å²) in [5.41, 5.74) is 2.03. The molecule has 0 bridgehead atoms. The Morgan fingerprint density at radius 3 is 2.38 bits per heavy atom. The fourth-order valence-corrected chi connectivity index (χ4v) is 5.06. The minimum atomic E-state index is -0.427. The fraction of sp³-hybridized carbons (Fsp3) is 0.333. The monoisotopic (exact) mass is 550 g/mol. The molecule has 1 N–H and O–H groups in total. The molecule has 0 atom stereocenters. The smallest absolute Gasteiger partial charge is 0.269 e. The number of piperazine rings is 1. The van der Waals surface area contributed by atoms with Gasteiger partial charge in [-0.25, -0.2) is 4.98 Å². The molecule has 1 aliphatic heterocycles. The summed E-state index contributed by atoms with van der Waals surface area (Å²) in [6.45, 7) is 4.63. The summed E-state index contributed by atoms with van der Waals surface area (Å²) >= 11 is 1.24. The number of hydrogen-bond acceptors (Lipinski definition) is 8. The molecule has 2 aromatic carbocycles. The topological polar surface area (TPSA) is 129 Å². The standard InChI is InChI=1S/C27H30N6O5S/c1-2-12-32(26(36)20-6-4-3-5-7-20)18-24(34)29-27-28-21(19-39-27)17-25(35)31-15-13-30(14-16-31)22-8-10-23(11-9-22)33(37)38/h3-11,19H,2,12-18H2,1H3,(H,28,29,34). The Hall–Kier alpha value is -4.32. The van der Waals surface area contributed by atoms with Gasteiger partial charge >= 0.3 is 0 Å². The summed E-state index contributed by atoms with van der Waals surface area (Å²) in [7, 11) is 0. The second kappa shape index (κ2) is 13.0. The molecule has 0 unspecified atom stereocenters. The van der Waals surface area contributed by atoms with Gasteiger partial charge in [0.1, 0.15) is 6.54 Å². The molecular formula is C27H30N6O5S. The van der Waals surface area contributed by atoms with Gasteiger partial charge in [0.15, 0.2) is 5.13 Å². The number of nitro benzene ring substituents is 1. The van der Waals surface area contributed by atoms with Crippen LogP contribution in [0.3, 0.4) is 0 Å². The Morgan fingerprint density at radius 1 is 1.05 bits per heavy atom. The van der Waals surface area contributed by atoms with Crippen molar-refractivity contribution in [2.45, 2.75) is 19.8 Å². The fourth-order valence-electron chi connectivity index (χ4n) is 4.33. The number of carbonyl (C=O) groups is 3. The molecule has 1 aliphatic rings. The van der Waals surface area contributed by atoms with E-state index in [1.807, 2.05) is 13.0 Å². The van der Waals surface area contributed by atoms with Crippen molar-refractivity contribution in [2.24, 2.45) is 0 Å². The third-order valence-corrected chi connectivity index (χ3v) is 7.13. The van der Waals surface area contributed by atoms with Crippen LogP contribution in [0.15, 0.2) is 60.0 Å². The molecule has 0 radical (unpaired) electrons. The van der Waals surface area contributed by atoms with Crippen molar-refractivity contribution < 1.29 is 19.3 Å². The van der Waals surface area contributed by atoms with Crippen molar-refractivity contribution in [3.63, 3.8) is 0 Å². The lowest BCUT2D eigenvalue weighted by molar-refractivity contribution is -0.384. The minimum absolute atomic E-state index is 0.0466. The first-order chi connectivity index (χ1) is 18.8. The Bertz CT molecular complexity index is 1310. The maximum atomic E-state index is 12.9. The average Bonchev–Trinajstić information content (AvgIpc) is 3.39. The van der Waals surface area contributed by atoms with Gasteiger partial charge in [0.05, 0.1) is 17.0 Å². The third kappa shape index (κ3) is 7.38. The van der Waals surface area contributed by atoms with Crippen molar-refractivity contribution in [1.29, 1.82) is 0 Å². The van der Waals surface area contributed by atoms with E-state index in [1.165, 1.54) is 28.4 Å². The van der Waals surface area contributed by atoms with Crippen molar-refractivity contribution in [1.82, 2.24) is 14.8 Å². The number of aromatic nitrogens is 1. The Kier molecular flexibility index (Phi) is 9.21. The van der Waals surface area contributed by atoms with Crippen molar-refractivity contribution in [3.05, 3.63) is 81.3 Å². The van der Waals surface area contributed by atoms with Crippen LogP contribution in [0, 0.1) is 10.1 Å². The second-order valence-electron chi connectivity index (χ2n) is 9.10. The summed E-state index contributed by atoms with van der Waals surface area (Å²) in [6, 6.07) is 15.3. The number of nitrogens with zero attached hydrogens (tertiary/aromatic N) is 5. The second-order valence-corrected chi connectivity index (χ2v) is 9.96. The maximum Gasteiger partial charge on any atom is 0.269 e. The zero-order valence-electron chi connectivity index (χ0n) is 21.6. The van der Waals surface area contributed by atoms with Crippen LogP contribution in [0.5, 0.6) is 0 Å². The Morgan fingerprint density at radius 2 is 1.74 bits per heavy atom. The van der Waals surface area contributed by atoms with Crippen LogP contribution >= 0.6 is 11.3 Å². The van der Waals surface area contributed by atoms with Gasteiger partial charge in [0, 0.05) is 61.5 Å². The van der Waals surface area contributed by atoms with E-state index in [0.717, 1.165) is 12.1 Å². The van der Waals surface area contributed by atoms with E-state index in [9.17, 15) is 24.5 Å². The molecule has 0 spiro atoms. The van der Waals surface area contributed by atoms with E-state index in [4.69, 9.17) is 0 Å². The maximum absolute atomic E-state index is 12.9. The summed E-state index contributed by atoms with van der Waals surface area (Å²) in [4.78, 5) is 58.5. The van der Waals surface area contributed by atoms with Crippen LogP contribution < -0.4 is 10.2 Å². The molecule has 3 amide bonds. The number of nitro groups is 1. The largest absolute Gasteiger partial charge is 0.368 e. The van der Waals surface area contributed by atoms with E-state index >= 15 is 0 Å². The van der Waals surface area contributed by atoms with Crippen LogP contribution in [-0.4, -0.2) is 76.7 Å². The lowest BCUT2D eigenvalue weighted by atomic mass is 10.2. The van der Waals surface area contributed by atoms with Crippen molar-refractivity contribution in [3.8, 4) is 0 Å². The van der Waals surface area contributed by atoms with Gasteiger partial charge in [-0.3, -0.25) is 24.5 Å². The summed E-state index contributed by atoms with van der Waals surface area (Å²) in [6.07, 6.45) is 0.843. The molecular weight excluding hydrogens is 520 g/mol. The highest BCUT2D eigenvalue weighted by molar-refractivity contribution is 7.13. The first kappa shape index (κ1) is 27.7. The molecule has 1 saturated heterocycles. The van der Waals surface area contributed by atoms with Gasteiger partial charge < -0.3 is 20.0 Å². The van der Waals surface area contributed by atoms with Gasteiger partial charge in [-0.05, 0) is 30.7 Å². The molecule has 1 fully saturated rings. The number of rotatable bonds is 10. The molecule has 12 heteroatoms. The normalized spacial score (nSPS) is 13.2. The Balaban J connectivity index is 1.26. The van der Waals surface area contributed by atoms with E-state index in [-0.39, 0.29) is 36.4 Å². The van der Waals surface area contributed by atoms with Crippen LogP contribution in [0.2, 0.25) is 0 Å². The predicted octanol–water partition coefficient (Wildman–Crippen LogP) is 3.43. The molecule has 1 aromatic heterocycles. The van der Waals surface area contributed by atoms with Crippen LogP contribution in [0.25, 0.3) is 0 Å². The number of non-ortho nitro benzene ring substituents is 1. The van der Waals surface area contributed by atoms with Crippen molar-refractivity contribution >= 4 is 45.6 Å². The molecule has 0 aliphatic carbocycles. The summed E-state index contributed by atoms with van der Waals surface area (Å²) in [5.74, 6) is -0.599. The van der Waals surface area contributed by atoms with E-state index in [2.05, 4.69) is 15.2 Å². The molecule has 204 valence electrons. The highest BCUT2D eigenvalue weighted by Crippen LogP contribution is 2.21. The number of hydrogen-bond donors (Lipinski definition) is 1. The summed E-state index contributed by atoms with van der Waals surface area (Å²) < 4.78 is 0. The minimum Gasteiger partial charge on any atom is -0.368 e. The lowest BCUT2D eigenvalue weighted by Crippen LogP contribution is -2.49. The van der Waals surface area contributed by atoms with Gasteiger partial charge in [-0.1, -0.05) is 25.1 Å². The Labute approximate surface area is 230 Å². The highest BCUT2D eigenvalue weighted by Gasteiger charge is 2.23. The van der Waals surface area contributed by atoms with Crippen LogP contribution in [-0.2, 0) is 16.0 Å². The van der Waals surface area contributed by atoms with E-state index in [1.54, 1.807) is 46.7 Å². The molecule has 2 heterocycles. The van der Waals surface area contributed by atoms with E-state index < -0.39 is 4.92 Å². The van der Waals surface area contributed by atoms with E-state index in [0.29, 0.717) is 49.1 Å². The number of anilines is 2. The van der Waals surface area contributed by atoms with Gasteiger partial charge in [0.25, 0.3) is 11.6 Å². The lowest BCUT2D eigenvalue weighted by Gasteiger charge is -2.36. The zero-order chi connectivity index (χ0) is 27.8. The predicted molar refractivity (Wildman–Crippen MR) is 149 cm³/mol. The van der Waals surface area contributed by atoms with Gasteiger partial charge in [-0.2, -0.15) is 0 Å². The van der Waals surface area contributed by atoms with Gasteiger partial charge in [0.2, 0.25) is 11.8 Å². The molecule has 3 aromatic rings. The first-order valence-electron chi connectivity index (χ1n) is 12.7. The highest BCUT2D eigenvalue weighted by atomic mass is 32.1. The van der Waals surface area contributed by atoms with Crippen LogP contribution in [0.4, 0.5) is 16.5 Å².